The fraction of sp³-hybridized carbons (Fsp3) is 0.273. The maximum atomic E-state index is 10.8. The Labute approximate surface area is 233 Å². The third-order valence-corrected chi connectivity index (χ3v) is 4.33. The summed E-state index contributed by atoms with van der Waals surface area (Å²) in [4.78, 5) is 0. The second-order valence-corrected chi connectivity index (χ2v) is 7.24. The average Bonchev–Trinajstić information content (AvgIpc) is 3.49. The van der Waals surface area contributed by atoms with Crippen molar-refractivity contribution in [3.63, 3.8) is 0 Å². The number of phenols is 1. The van der Waals surface area contributed by atoms with E-state index in [-0.39, 0.29) is 40.6 Å². The summed E-state index contributed by atoms with van der Waals surface area (Å²) < 4.78 is 3.27. The number of tetrazole rings is 2. The normalized spacial score (nSPS) is 9.26. The Kier molecular flexibility index (Phi) is 17.3. The molecule has 4 radical (unpaired) electrons. The number of phenolic OH excluding ortho intramolecular Hbond substituents is 1. The van der Waals surface area contributed by atoms with E-state index in [1.54, 1.807) is 36.4 Å². The van der Waals surface area contributed by atoms with Crippen molar-refractivity contribution in [1.82, 2.24) is 40.4 Å². The van der Waals surface area contributed by atoms with Crippen molar-refractivity contribution in [2.24, 2.45) is 0 Å². The van der Waals surface area contributed by atoms with Gasteiger partial charge in [0.25, 0.3) is 0 Å². The first-order valence-electron chi connectivity index (χ1n) is 10.5. The Morgan fingerprint density at radius 2 is 1.49 bits per heavy atom. The number of rotatable bonds is 4. The number of benzene rings is 2. The first-order valence-corrected chi connectivity index (χ1v) is 11.3. The molecule has 4 rings (SSSR count). The van der Waals surface area contributed by atoms with Crippen molar-refractivity contribution in [3.05, 3.63) is 67.1 Å². The number of nitrogens with one attached hydrogen (secondary N) is 1. The van der Waals surface area contributed by atoms with Crippen molar-refractivity contribution >= 4 is 48.8 Å². The quantitative estimate of drug-likeness (QED) is 0.200. The van der Waals surface area contributed by atoms with Crippen LogP contribution in [-0.2, 0) is 12.6 Å². The van der Waals surface area contributed by atoms with Crippen molar-refractivity contribution < 1.29 is 10.2 Å². The number of aromatic amines is 1. The summed E-state index contributed by atoms with van der Waals surface area (Å²) in [5.74, 6) is 0.158. The molecule has 0 amide bonds. The maximum absolute atomic E-state index is 10.8. The molecule has 4 aromatic rings. The summed E-state index contributed by atoms with van der Waals surface area (Å²) in [6.45, 7) is 11.4. The molecule has 0 spiro atoms. The summed E-state index contributed by atoms with van der Waals surface area (Å²) in [6, 6.07) is 12.7. The molecule has 0 fully saturated rings. The SMILES string of the molecule is Oc1ccc(-n2[nH]nnc2=S)cc1.[CH2]CCC.[CH2]CCC.[O-]c1ccc(-n2nnnc2[S-])cc1.[Sn+2]. The topological polar surface area (TPSA) is 133 Å². The first-order chi connectivity index (χ1) is 16.4. The molecule has 0 unspecified atom stereocenters. The van der Waals surface area contributed by atoms with E-state index in [1.165, 1.54) is 34.3 Å². The second kappa shape index (κ2) is 18.7. The monoisotopic (exact) mass is 620 g/mol. The van der Waals surface area contributed by atoms with Crippen LogP contribution in [0.2, 0.25) is 0 Å². The zero-order chi connectivity index (χ0) is 25.3. The molecule has 35 heavy (non-hydrogen) atoms. The minimum absolute atomic E-state index is 0. The van der Waals surface area contributed by atoms with Crippen LogP contribution in [0.1, 0.15) is 39.5 Å². The van der Waals surface area contributed by atoms with Crippen molar-refractivity contribution in [1.29, 1.82) is 0 Å². The van der Waals surface area contributed by atoms with Gasteiger partial charge in [0.15, 0.2) is 0 Å². The summed E-state index contributed by atoms with van der Waals surface area (Å²) in [5.41, 5.74) is 1.47. The number of aromatic hydroxyl groups is 1. The third-order valence-electron chi connectivity index (χ3n) is 3.81. The van der Waals surface area contributed by atoms with Crippen LogP contribution in [0.3, 0.4) is 0 Å². The van der Waals surface area contributed by atoms with Gasteiger partial charge in [-0.15, -0.1) is 10.8 Å². The van der Waals surface area contributed by atoms with Crippen LogP contribution in [0.4, 0.5) is 0 Å². The smallest absolute Gasteiger partial charge is 0.872 e. The molecule has 2 heterocycles. The van der Waals surface area contributed by atoms with Crippen LogP contribution in [0.5, 0.6) is 11.5 Å². The van der Waals surface area contributed by atoms with Crippen molar-refractivity contribution in [2.45, 2.75) is 44.7 Å². The van der Waals surface area contributed by atoms with Gasteiger partial charge in [-0.05, 0) is 59.0 Å². The molecule has 2 aromatic heterocycles. The number of aromatic nitrogens is 8. The minimum atomic E-state index is -0.0530. The van der Waals surface area contributed by atoms with Gasteiger partial charge in [-0.3, -0.25) is 0 Å². The van der Waals surface area contributed by atoms with Crippen LogP contribution in [-0.4, -0.2) is 69.4 Å². The molecule has 0 bridgehead atoms. The standard InChI is InChI=1S/2C7H6N4OS.2C4H9.Sn/c2*12-6-3-1-5(2-4-6)11-7(13)8-9-10-11;2*1-3-4-2;/h2*1-4,12H,(H,8,10,13);2*1,3-4H2,2H3;/q;;;;+2/p-2. The summed E-state index contributed by atoms with van der Waals surface area (Å²) in [6.07, 6.45) is 4.56. The van der Waals surface area contributed by atoms with E-state index in [0.29, 0.717) is 10.5 Å². The van der Waals surface area contributed by atoms with Crippen molar-refractivity contribution in [3.8, 4) is 22.9 Å². The van der Waals surface area contributed by atoms with E-state index in [9.17, 15) is 5.11 Å². The minimum Gasteiger partial charge on any atom is -0.872 e. The molecular formula is C22H28N8O2S2Sn. The Bertz CT molecular complexity index is 1110. The van der Waals surface area contributed by atoms with Crippen LogP contribution < -0.4 is 5.11 Å². The summed E-state index contributed by atoms with van der Waals surface area (Å²) in [7, 11) is 0. The van der Waals surface area contributed by atoms with Gasteiger partial charge in [-0.25, -0.2) is 9.36 Å². The van der Waals surface area contributed by atoms with E-state index in [0.717, 1.165) is 18.5 Å². The van der Waals surface area contributed by atoms with Gasteiger partial charge in [-0.2, -0.15) is 5.21 Å². The molecule has 0 saturated heterocycles. The molecule has 184 valence electrons. The maximum Gasteiger partial charge on any atom is 2.00 e. The Morgan fingerprint density at radius 1 is 0.971 bits per heavy atom. The van der Waals surface area contributed by atoms with E-state index in [4.69, 9.17) is 30.0 Å². The number of hydrogen-bond donors (Lipinski definition) is 2. The molecule has 0 aliphatic rings. The molecule has 0 saturated carbocycles. The zero-order valence-corrected chi connectivity index (χ0v) is 24.2. The molecule has 2 aromatic carbocycles. The molecule has 13 heteroatoms. The fourth-order valence-corrected chi connectivity index (χ4v) is 2.26. The first kappa shape index (κ1) is 32.4. The number of H-pyrrole nitrogens is 1. The predicted octanol–water partition coefficient (Wildman–Crippen LogP) is 3.53. The summed E-state index contributed by atoms with van der Waals surface area (Å²) in [5, 5.41) is 40.5. The molecule has 10 nitrogen and oxygen atoms in total. The van der Waals surface area contributed by atoms with E-state index in [1.807, 2.05) is 0 Å². The van der Waals surface area contributed by atoms with Crippen LogP contribution in [0.15, 0.2) is 53.7 Å². The van der Waals surface area contributed by atoms with Crippen LogP contribution in [0, 0.1) is 18.6 Å². The van der Waals surface area contributed by atoms with Crippen LogP contribution in [0.25, 0.3) is 11.4 Å². The molecule has 0 aliphatic heterocycles. The van der Waals surface area contributed by atoms with Gasteiger partial charge < -0.3 is 22.8 Å². The van der Waals surface area contributed by atoms with E-state index >= 15 is 0 Å². The number of hydrogen-bond acceptors (Lipinski definition) is 9. The fourth-order valence-electron chi connectivity index (χ4n) is 1.90. The van der Waals surface area contributed by atoms with Gasteiger partial charge in [0.05, 0.1) is 11.4 Å². The van der Waals surface area contributed by atoms with E-state index in [2.05, 4.69) is 58.7 Å². The predicted molar refractivity (Wildman–Crippen MR) is 139 cm³/mol. The second-order valence-electron chi connectivity index (χ2n) is 6.51. The molecule has 0 aliphatic carbocycles. The van der Waals surface area contributed by atoms with Gasteiger partial charge in [0.1, 0.15) is 5.75 Å². The van der Waals surface area contributed by atoms with Crippen molar-refractivity contribution in [2.75, 3.05) is 0 Å². The molecular weight excluding hydrogens is 591 g/mol. The third kappa shape index (κ3) is 12.1. The number of unbranched alkanes of at least 4 members (excludes halogenated alkanes) is 2. The zero-order valence-electron chi connectivity index (χ0n) is 19.7. The van der Waals surface area contributed by atoms with Gasteiger partial charge in [0.2, 0.25) is 4.77 Å². The van der Waals surface area contributed by atoms with Crippen LogP contribution >= 0.6 is 12.2 Å². The number of nitrogens with zero attached hydrogens (tertiary/aromatic N) is 7. The van der Waals surface area contributed by atoms with Gasteiger partial charge in [0, 0.05) is 5.16 Å². The van der Waals surface area contributed by atoms with Gasteiger partial charge >= 0.3 is 23.9 Å². The average molecular weight is 619 g/mol. The largest absolute Gasteiger partial charge is 2.00 e. The molecule has 0 atom stereocenters. The Balaban J connectivity index is 0.000000499. The Hall–Kier alpha value is -2.58. The summed E-state index contributed by atoms with van der Waals surface area (Å²) >= 11 is 9.74. The molecule has 2 N–H and O–H groups in total. The Morgan fingerprint density at radius 3 is 1.89 bits per heavy atom. The van der Waals surface area contributed by atoms with E-state index < -0.39 is 0 Å². The van der Waals surface area contributed by atoms with Gasteiger partial charge in [-0.1, -0.05) is 75.8 Å².